The number of rotatable bonds is 5. The summed E-state index contributed by atoms with van der Waals surface area (Å²) in [5.74, 6) is -0.304. The maximum absolute atomic E-state index is 12.5. The van der Waals surface area contributed by atoms with Gasteiger partial charge in [-0.2, -0.15) is 10.4 Å². The predicted octanol–water partition coefficient (Wildman–Crippen LogP) is 4.17. The SMILES string of the molecule is Cc1nn(Cc2ccccc2Cl)c(C)c1/C=C(/C#N)C(=O)NC1CCCC1. The Hall–Kier alpha value is -2.58. The molecule has 2 aromatic rings. The second kappa shape index (κ2) is 8.41. The van der Waals surface area contributed by atoms with E-state index in [9.17, 15) is 10.1 Å². The van der Waals surface area contributed by atoms with Crippen LogP contribution in [0.15, 0.2) is 29.8 Å². The van der Waals surface area contributed by atoms with Gasteiger partial charge in [0.25, 0.3) is 5.91 Å². The van der Waals surface area contributed by atoms with Gasteiger partial charge in [-0.15, -0.1) is 0 Å². The number of amides is 1. The first-order chi connectivity index (χ1) is 13.0. The molecule has 1 aromatic carbocycles. The predicted molar refractivity (Wildman–Crippen MR) is 106 cm³/mol. The van der Waals surface area contributed by atoms with Crippen LogP contribution >= 0.6 is 11.6 Å². The van der Waals surface area contributed by atoms with Crippen LogP contribution in [0.1, 0.15) is 48.2 Å². The van der Waals surface area contributed by atoms with Crippen LogP contribution in [0.25, 0.3) is 6.08 Å². The van der Waals surface area contributed by atoms with Gasteiger partial charge in [0.15, 0.2) is 0 Å². The Balaban J connectivity index is 1.84. The largest absolute Gasteiger partial charge is 0.349 e. The van der Waals surface area contributed by atoms with E-state index in [1.54, 1.807) is 6.08 Å². The summed E-state index contributed by atoms with van der Waals surface area (Å²) < 4.78 is 1.85. The molecule has 1 N–H and O–H groups in total. The smallest absolute Gasteiger partial charge is 0.262 e. The fourth-order valence-corrected chi connectivity index (χ4v) is 3.68. The average Bonchev–Trinajstić information content (AvgIpc) is 3.24. The third-order valence-electron chi connectivity index (χ3n) is 5.06. The molecule has 0 aliphatic heterocycles. The zero-order chi connectivity index (χ0) is 19.4. The summed E-state index contributed by atoms with van der Waals surface area (Å²) in [5, 5.41) is 17.7. The third kappa shape index (κ3) is 4.40. The Bertz CT molecular complexity index is 917. The first-order valence-corrected chi connectivity index (χ1v) is 9.57. The normalized spacial score (nSPS) is 15.0. The van der Waals surface area contributed by atoms with Crippen molar-refractivity contribution >= 4 is 23.6 Å². The quantitative estimate of drug-likeness (QED) is 0.623. The highest BCUT2D eigenvalue weighted by Gasteiger charge is 2.20. The fourth-order valence-electron chi connectivity index (χ4n) is 3.49. The van der Waals surface area contributed by atoms with Crippen LogP contribution < -0.4 is 5.32 Å². The fraction of sp³-hybridized carbons (Fsp3) is 0.381. The Morgan fingerprint density at radius 3 is 2.74 bits per heavy atom. The summed E-state index contributed by atoms with van der Waals surface area (Å²) >= 11 is 6.25. The van der Waals surface area contributed by atoms with Gasteiger partial charge >= 0.3 is 0 Å². The van der Waals surface area contributed by atoms with Crippen molar-refractivity contribution in [3.63, 3.8) is 0 Å². The van der Waals surface area contributed by atoms with Gasteiger partial charge in [-0.05, 0) is 44.4 Å². The van der Waals surface area contributed by atoms with Gasteiger partial charge in [0.05, 0.1) is 12.2 Å². The molecule has 0 spiro atoms. The van der Waals surface area contributed by atoms with E-state index in [1.165, 1.54) is 0 Å². The number of carbonyl (C=O) groups excluding carboxylic acids is 1. The second-order valence-corrected chi connectivity index (χ2v) is 7.37. The maximum atomic E-state index is 12.5. The van der Waals surface area contributed by atoms with E-state index in [1.807, 2.05) is 48.9 Å². The van der Waals surface area contributed by atoms with E-state index in [0.717, 1.165) is 48.2 Å². The third-order valence-corrected chi connectivity index (χ3v) is 5.43. The molecule has 1 aliphatic rings. The first kappa shape index (κ1) is 19.2. The van der Waals surface area contributed by atoms with Crippen LogP contribution in [0, 0.1) is 25.2 Å². The molecule has 1 aromatic heterocycles. The van der Waals surface area contributed by atoms with Crippen LogP contribution in [0.4, 0.5) is 0 Å². The van der Waals surface area contributed by atoms with E-state index >= 15 is 0 Å². The number of aromatic nitrogens is 2. The number of hydrogen-bond acceptors (Lipinski definition) is 3. The van der Waals surface area contributed by atoms with Crippen LogP contribution in [0.5, 0.6) is 0 Å². The minimum absolute atomic E-state index is 0.116. The number of nitrogens with one attached hydrogen (secondary N) is 1. The minimum atomic E-state index is -0.304. The zero-order valence-electron chi connectivity index (χ0n) is 15.6. The van der Waals surface area contributed by atoms with Gasteiger partial charge in [-0.3, -0.25) is 9.48 Å². The number of nitrogens with zero attached hydrogens (tertiary/aromatic N) is 3. The number of halogens is 1. The molecule has 1 amide bonds. The van der Waals surface area contributed by atoms with Gasteiger partial charge in [-0.1, -0.05) is 42.6 Å². The molecular formula is C21H23ClN4O. The highest BCUT2D eigenvalue weighted by molar-refractivity contribution is 6.31. The van der Waals surface area contributed by atoms with E-state index < -0.39 is 0 Å². The standard InChI is InChI=1S/C21H23ClN4O/c1-14-19(11-17(12-23)21(27)24-18-8-4-5-9-18)15(2)26(25-14)13-16-7-3-6-10-20(16)22/h3,6-7,10-11,18H,4-5,8-9,13H2,1-2H3,(H,24,27)/b17-11-. The molecule has 1 saturated carbocycles. The summed E-state index contributed by atoms with van der Waals surface area (Å²) in [5.41, 5.74) is 3.57. The van der Waals surface area contributed by atoms with Crippen molar-refractivity contribution in [1.29, 1.82) is 5.26 Å². The molecule has 27 heavy (non-hydrogen) atoms. The molecule has 6 heteroatoms. The highest BCUT2D eigenvalue weighted by Crippen LogP contribution is 2.22. The zero-order valence-corrected chi connectivity index (χ0v) is 16.4. The average molecular weight is 383 g/mol. The molecule has 3 rings (SSSR count). The molecule has 1 aliphatic carbocycles. The summed E-state index contributed by atoms with van der Waals surface area (Å²) in [6.07, 6.45) is 5.87. The van der Waals surface area contributed by atoms with Gasteiger partial charge in [0.2, 0.25) is 0 Å². The van der Waals surface area contributed by atoms with Crippen molar-refractivity contribution in [1.82, 2.24) is 15.1 Å². The van der Waals surface area contributed by atoms with Gasteiger partial charge in [-0.25, -0.2) is 0 Å². The van der Waals surface area contributed by atoms with Crippen molar-refractivity contribution in [2.45, 2.75) is 52.1 Å². The Labute approximate surface area is 164 Å². The van der Waals surface area contributed by atoms with Crippen LogP contribution in [0.3, 0.4) is 0 Å². The van der Waals surface area contributed by atoms with E-state index in [4.69, 9.17) is 11.6 Å². The molecule has 5 nitrogen and oxygen atoms in total. The Morgan fingerprint density at radius 2 is 2.07 bits per heavy atom. The number of nitriles is 1. The number of benzene rings is 1. The number of carbonyl (C=O) groups is 1. The first-order valence-electron chi connectivity index (χ1n) is 9.19. The Kier molecular flexibility index (Phi) is 5.98. The number of aryl methyl sites for hydroxylation is 1. The monoisotopic (exact) mass is 382 g/mol. The van der Waals surface area contributed by atoms with Crippen LogP contribution in [-0.2, 0) is 11.3 Å². The lowest BCUT2D eigenvalue weighted by molar-refractivity contribution is -0.117. The lowest BCUT2D eigenvalue weighted by Gasteiger charge is -2.11. The van der Waals surface area contributed by atoms with E-state index in [0.29, 0.717) is 11.6 Å². The molecule has 1 fully saturated rings. The highest BCUT2D eigenvalue weighted by atomic mass is 35.5. The van der Waals surface area contributed by atoms with Crippen LogP contribution in [-0.4, -0.2) is 21.7 Å². The maximum Gasteiger partial charge on any atom is 0.262 e. The van der Waals surface area contributed by atoms with Crippen molar-refractivity contribution < 1.29 is 4.79 Å². The molecule has 0 radical (unpaired) electrons. The Morgan fingerprint density at radius 1 is 1.37 bits per heavy atom. The van der Waals surface area contributed by atoms with Gasteiger partial charge in [0.1, 0.15) is 11.6 Å². The molecule has 1 heterocycles. The number of hydrogen-bond donors (Lipinski definition) is 1. The topological polar surface area (TPSA) is 70.7 Å². The summed E-state index contributed by atoms with van der Waals surface area (Å²) in [4.78, 5) is 12.5. The van der Waals surface area contributed by atoms with E-state index in [-0.39, 0.29) is 17.5 Å². The lowest BCUT2D eigenvalue weighted by Crippen LogP contribution is -2.33. The minimum Gasteiger partial charge on any atom is -0.349 e. The molecule has 0 saturated heterocycles. The second-order valence-electron chi connectivity index (χ2n) is 6.96. The van der Waals surface area contributed by atoms with Gasteiger partial charge < -0.3 is 5.32 Å². The summed E-state index contributed by atoms with van der Waals surface area (Å²) in [7, 11) is 0. The van der Waals surface area contributed by atoms with Gasteiger partial charge in [0, 0.05) is 22.3 Å². The molecule has 140 valence electrons. The van der Waals surface area contributed by atoms with Crippen molar-refractivity contribution in [2.75, 3.05) is 0 Å². The summed E-state index contributed by atoms with van der Waals surface area (Å²) in [6, 6.07) is 9.86. The van der Waals surface area contributed by atoms with Crippen molar-refractivity contribution in [2.24, 2.45) is 0 Å². The van der Waals surface area contributed by atoms with E-state index in [2.05, 4.69) is 10.4 Å². The molecule has 0 unspecified atom stereocenters. The molecule has 0 atom stereocenters. The molecular weight excluding hydrogens is 360 g/mol. The lowest BCUT2D eigenvalue weighted by atomic mass is 10.1. The van der Waals surface area contributed by atoms with Crippen molar-refractivity contribution in [3.05, 3.63) is 57.4 Å². The van der Waals surface area contributed by atoms with Crippen LogP contribution in [0.2, 0.25) is 5.02 Å². The molecule has 0 bridgehead atoms. The summed E-state index contributed by atoms with van der Waals surface area (Å²) in [6.45, 7) is 4.36. The van der Waals surface area contributed by atoms with Crippen molar-refractivity contribution in [3.8, 4) is 6.07 Å².